The molecule has 1 N–H and O–H groups in total. The van der Waals surface area contributed by atoms with Gasteiger partial charge in [-0.25, -0.2) is 9.50 Å². The number of unbranched alkanes of at least 4 members (excludes halogenated alkanes) is 7. The Morgan fingerprint density at radius 3 is 2.56 bits per heavy atom. The second-order valence-electron chi connectivity index (χ2n) is 9.18. The fourth-order valence-electron chi connectivity index (χ4n) is 4.52. The van der Waals surface area contributed by atoms with Crippen molar-refractivity contribution >= 4 is 11.3 Å². The SMILES string of the molecule is C=C(OCC1CCC(c2ccc3c(NC)ncnn23)O1)C(C)CCCCCCCCCC.CC. The zero-order valence-corrected chi connectivity index (χ0v) is 22.3. The summed E-state index contributed by atoms with van der Waals surface area (Å²) in [6, 6.07) is 4.13. The van der Waals surface area contributed by atoms with Crippen molar-refractivity contribution in [2.24, 2.45) is 5.92 Å². The van der Waals surface area contributed by atoms with Crippen LogP contribution in [-0.2, 0) is 9.47 Å². The number of aromatic nitrogens is 3. The van der Waals surface area contributed by atoms with E-state index in [1.807, 2.05) is 31.5 Å². The molecular formula is C28H48N4O2. The molecule has 1 saturated heterocycles. The van der Waals surface area contributed by atoms with Gasteiger partial charge in [0.1, 0.15) is 24.6 Å². The van der Waals surface area contributed by atoms with Gasteiger partial charge in [0.15, 0.2) is 5.82 Å². The first-order valence-corrected chi connectivity index (χ1v) is 13.6. The van der Waals surface area contributed by atoms with E-state index in [-0.39, 0.29) is 12.2 Å². The van der Waals surface area contributed by atoms with Crippen LogP contribution in [0.1, 0.15) is 110 Å². The van der Waals surface area contributed by atoms with Gasteiger partial charge in [0.25, 0.3) is 0 Å². The molecule has 34 heavy (non-hydrogen) atoms. The molecule has 0 aliphatic carbocycles. The van der Waals surface area contributed by atoms with Crippen LogP contribution in [0.3, 0.4) is 0 Å². The minimum Gasteiger partial charge on any atom is -0.496 e. The van der Waals surface area contributed by atoms with E-state index in [4.69, 9.17) is 9.47 Å². The van der Waals surface area contributed by atoms with Crippen LogP contribution in [0.25, 0.3) is 5.52 Å². The first kappa shape index (κ1) is 28.2. The highest BCUT2D eigenvalue weighted by Crippen LogP contribution is 2.34. The maximum Gasteiger partial charge on any atom is 0.153 e. The van der Waals surface area contributed by atoms with Crippen molar-refractivity contribution in [2.45, 2.75) is 111 Å². The average molecular weight is 473 g/mol. The van der Waals surface area contributed by atoms with Crippen LogP contribution >= 0.6 is 0 Å². The number of hydrogen-bond donors (Lipinski definition) is 1. The Hall–Kier alpha value is -2.08. The molecule has 0 aromatic carbocycles. The lowest BCUT2D eigenvalue weighted by atomic mass is 10.0. The van der Waals surface area contributed by atoms with Gasteiger partial charge in [-0.3, -0.25) is 0 Å². The van der Waals surface area contributed by atoms with Gasteiger partial charge in [0, 0.05) is 13.0 Å². The summed E-state index contributed by atoms with van der Waals surface area (Å²) >= 11 is 0. The van der Waals surface area contributed by atoms with E-state index in [1.165, 1.54) is 51.4 Å². The van der Waals surface area contributed by atoms with Crippen molar-refractivity contribution in [3.63, 3.8) is 0 Å². The fourth-order valence-corrected chi connectivity index (χ4v) is 4.52. The molecule has 192 valence electrons. The van der Waals surface area contributed by atoms with E-state index >= 15 is 0 Å². The van der Waals surface area contributed by atoms with Crippen molar-refractivity contribution in [3.05, 3.63) is 36.5 Å². The van der Waals surface area contributed by atoms with Crippen LogP contribution in [0, 0.1) is 5.92 Å². The maximum absolute atomic E-state index is 6.30. The first-order valence-electron chi connectivity index (χ1n) is 13.6. The van der Waals surface area contributed by atoms with Crippen molar-refractivity contribution in [2.75, 3.05) is 19.0 Å². The Morgan fingerprint density at radius 2 is 1.85 bits per heavy atom. The molecule has 3 unspecified atom stereocenters. The predicted octanol–water partition coefficient (Wildman–Crippen LogP) is 7.71. The summed E-state index contributed by atoms with van der Waals surface area (Å²) in [5.41, 5.74) is 2.04. The van der Waals surface area contributed by atoms with Gasteiger partial charge in [-0.1, -0.05) is 85.6 Å². The third kappa shape index (κ3) is 8.30. The zero-order chi connectivity index (χ0) is 24.8. The first-order chi connectivity index (χ1) is 16.6. The van der Waals surface area contributed by atoms with Crippen LogP contribution in [0.2, 0.25) is 0 Å². The van der Waals surface area contributed by atoms with Crippen LogP contribution in [0.5, 0.6) is 0 Å². The smallest absolute Gasteiger partial charge is 0.153 e. The number of allylic oxidation sites excluding steroid dienone is 1. The van der Waals surface area contributed by atoms with Gasteiger partial charge in [0.2, 0.25) is 0 Å². The van der Waals surface area contributed by atoms with Crippen LogP contribution in [0.4, 0.5) is 5.82 Å². The number of nitrogens with one attached hydrogen (secondary N) is 1. The Labute approximate surface area is 207 Å². The quantitative estimate of drug-likeness (QED) is 0.212. The highest BCUT2D eigenvalue weighted by atomic mass is 16.5. The lowest BCUT2D eigenvalue weighted by molar-refractivity contribution is -0.00487. The summed E-state index contributed by atoms with van der Waals surface area (Å²) in [4.78, 5) is 4.28. The van der Waals surface area contributed by atoms with Gasteiger partial charge >= 0.3 is 0 Å². The second kappa shape index (κ2) is 15.8. The number of fused-ring (bicyclic) bond motifs is 1. The lowest BCUT2D eigenvalue weighted by Crippen LogP contribution is -2.17. The van der Waals surface area contributed by atoms with E-state index in [0.717, 1.165) is 42.1 Å². The Kier molecular flexibility index (Phi) is 13.0. The van der Waals surface area contributed by atoms with Gasteiger partial charge < -0.3 is 14.8 Å². The predicted molar refractivity (Wildman–Crippen MR) is 142 cm³/mol. The standard InChI is InChI=1S/C26H42N4O2.C2H6/c1-5-6-7-8-9-10-11-12-13-20(2)21(3)31-18-22-14-17-25(32-22)23-15-16-24-26(27-4)28-19-29-30(23)24;1-2/h15-16,19-20,22,25H,3,5-14,17-18H2,1-2,4H3,(H,27,28,29);1-2H3. The van der Waals surface area contributed by atoms with E-state index in [1.54, 1.807) is 6.33 Å². The van der Waals surface area contributed by atoms with Gasteiger partial charge in [-0.2, -0.15) is 5.10 Å². The summed E-state index contributed by atoms with van der Waals surface area (Å²) in [6.45, 7) is 13.3. The zero-order valence-electron chi connectivity index (χ0n) is 22.3. The Bertz CT molecular complexity index is 835. The van der Waals surface area contributed by atoms with Crippen molar-refractivity contribution in [1.29, 1.82) is 0 Å². The second-order valence-corrected chi connectivity index (χ2v) is 9.18. The molecule has 1 aliphatic rings. The summed E-state index contributed by atoms with van der Waals surface area (Å²) in [7, 11) is 1.87. The molecule has 3 heterocycles. The number of hydrogen-bond acceptors (Lipinski definition) is 5. The molecule has 2 aromatic rings. The molecule has 0 bridgehead atoms. The number of anilines is 1. The molecule has 3 rings (SSSR count). The van der Waals surface area contributed by atoms with Crippen LogP contribution < -0.4 is 5.32 Å². The molecule has 1 fully saturated rings. The Balaban J connectivity index is 0.00000199. The maximum atomic E-state index is 6.30. The normalized spacial score (nSPS) is 18.4. The van der Waals surface area contributed by atoms with E-state index < -0.39 is 0 Å². The summed E-state index contributed by atoms with van der Waals surface area (Å²) in [6.07, 6.45) is 15.6. The van der Waals surface area contributed by atoms with Crippen LogP contribution in [-0.4, -0.2) is 34.4 Å². The molecular weight excluding hydrogens is 424 g/mol. The average Bonchev–Trinajstić information content (AvgIpc) is 3.52. The summed E-state index contributed by atoms with van der Waals surface area (Å²) in [5.74, 6) is 2.13. The molecule has 3 atom stereocenters. The topological polar surface area (TPSA) is 60.7 Å². The minimum absolute atomic E-state index is 0.0359. The molecule has 0 amide bonds. The highest BCUT2D eigenvalue weighted by molar-refractivity contribution is 5.67. The van der Waals surface area contributed by atoms with E-state index in [9.17, 15) is 0 Å². The molecule has 1 aliphatic heterocycles. The Morgan fingerprint density at radius 1 is 1.15 bits per heavy atom. The summed E-state index contributed by atoms with van der Waals surface area (Å²) < 4.78 is 14.3. The summed E-state index contributed by atoms with van der Waals surface area (Å²) in [5, 5.41) is 7.53. The third-order valence-corrected chi connectivity index (χ3v) is 6.65. The van der Waals surface area contributed by atoms with Gasteiger partial charge in [-0.05, 0) is 31.4 Å². The number of rotatable bonds is 15. The van der Waals surface area contributed by atoms with E-state index in [2.05, 4.69) is 41.9 Å². The molecule has 0 spiro atoms. The fraction of sp³-hybridized carbons (Fsp3) is 0.714. The highest BCUT2D eigenvalue weighted by Gasteiger charge is 2.29. The van der Waals surface area contributed by atoms with E-state index in [0.29, 0.717) is 12.5 Å². The van der Waals surface area contributed by atoms with Crippen LogP contribution in [0.15, 0.2) is 30.8 Å². The third-order valence-electron chi connectivity index (χ3n) is 6.65. The number of nitrogens with zero attached hydrogens (tertiary/aromatic N) is 3. The largest absolute Gasteiger partial charge is 0.496 e. The van der Waals surface area contributed by atoms with Gasteiger partial charge in [0.05, 0.1) is 17.6 Å². The van der Waals surface area contributed by atoms with Crippen molar-refractivity contribution in [1.82, 2.24) is 14.6 Å². The molecule has 2 aromatic heterocycles. The van der Waals surface area contributed by atoms with Crippen molar-refractivity contribution < 1.29 is 9.47 Å². The molecule has 0 saturated carbocycles. The molecule has 6 nitrogen and oxygen atoms in total. The molecule has 6 heteroatoms. The van der Waals surface area contributed by atoms with Crippen molar-refractivity contribution in [3.8, 4) is 0 Å². The molecule has 0 radical (unpaired) electrons. The minimum atomic E-state index is 0.0359. The number of ether oxygens (including phenoxy) is 2. The lowest BCUT2D eigenvalue weighted by Gasteiger charge is -2.19. The monoisotopic (exact) mass is 472 g/mol. The van der Waals surface area contributed by atoms with Gasteiger partial charge in [-0.15, -0.1) is 0 Å².